The van der Waals surface area contributed by atoms with Crippen molar-refractivity contribution in [3.05, 3.63) is 22.2 Å². The monoisotopic (exact) mass is 974 g/mol. The van der Waals surface area contributed by atoms with Crippen LogP contribution in [0.5, 0.6) is 0 Å². The molecule has 22 nitrogen and oxygen atoms in total. The molecule has 2 aromatic heterocycles. The van der Waals surface area contributed by atoms with Gasteiger partial charge in [-0.25, -0.2) is 9.59 Å². The van der Waals surface area contributed by atoms with Crippen LogP contribution in [0.3, 0.4) is 0 Å². The molecule has 2 saturated carbocycles. The number of amides is 4. The standard InChI is InChI=1S/2C20H31ClFN7O4/c2*21-19-24-16(15(22)17(25-19)29-7-5-28(6-8-29)9-10-30)26-27-18(31)14(12-23-20(32)33)11-13-3-1-2-4-13/h2*13-14,23,30H,1-12H2,(H,27,31)(H,32,33)(H,24,25,26)/t2*14-/m11/s1. The van der Waals surface area contributed by atoms with E-state index in [-0.39, 0.29) is 60.1 Å². The molecule has 2 saturated heterocycles. The summed E-state index contributed by atoms with van der Waals surface area (Å²) in [5, 5.41) is 40.2. The topological polar surface area (TPSA) is 286 Å². The van der Waals surface area contributed by atoms with Crippen LogP contribution in [0.15, 0.2) is 0 Å². The summed E-state index contributed by atoms with van der Waals surface area (Å²) in [6.07, 6.45) is 7.13. The third-order valence-electron chi connectivity index (χ3n) is 12.3. The number of β-amino-alcohol motifs (C(OH)–C–C–N with tert-alkyl or cyclic N) is 2. The van der Waals surface area contributed by atoms with Crippen molar-refractivity contribution in [1.82, 2.24) is 51.2 Å². The summed E-state index contributed by atoms with van der Waals surface area (Å²) in [6.45, 7) is 5.72. The minimum absolute atomic E-state index is 0.0320. The summed E-state index contributed by atoms with van der Waals surface area (Å²) in [5.74, 6) is -3.34. The van der Waals surface area contributed by atoms with Crippen molar-refractivity contribution < 1.29 is 48.4 Å². The molecule has 2 atom stereocenters. The Morgan fingerprint density at radius 3 is 1.26 bits per heavy atom. The fraction of sp³-hybridized carbons (Fsp3) is 0.700. The molecule has 0 spiro atoms. The first-order valence-electron chi connectivity index (χ1n) is 22.4. The molecule has 368 valence electrons. The van der Waals surface area contributed by atoms with Gasteiger partial charge in [0.25, 0.3) is 0 Å². The first-order chi connectivity index (χ1) is 31.7. The van der Waals surface area contributed by atoms with Gasteiger partial charge < -0.3 is 40.9 Å². The number of hydrogen-bond donors (Lipinski definition) is 10. The fourth-order valence-corrected chi connectivity index (χ4v) is 9.11. The van der Waals surface area contributed by atoms with Crippen molar-refractivity contribution in [3.8, 4) is 0 Å². The number of halogens is 4. The lowest BCUT2D eigenvalue weighted by Gasteiger charge is -2.35. The van der Waals surface area contributed by atoms with Gasteiger partial charge in [-0.2, -0.15) is 28.7 Å². The van der Waals surface area contributed by atoms with Crippen molar-refractivity contribution in [2.45, 2.75) is 64.2 Å². The minimum atomic E-state index is -1.20. The molecule has 4 aliphatic rings. The smallest absolute Gasteiger partial charge is 0.404 e. The van der Waals surface area contributed by atoms with E-state index in [9.17, 15) is 19.2 Å². The predicted molar refractivity (Wildman–Crippen MR) is 241 cm³/mol. The molecule has 2 aromatic rings. The van der Waals surface area contributed by atoms with E-state index in [0.29, 0.717) is 90.1 Å². The number of hydrogen-bond acceptors (Lipinski definition) is 16. The van der Waals surface area contributed by atoms with Gasteiger partial charge >= 0.3 is 12.2 Å². The normalized spacial score (nSPS) is 18.2. The van der Waals surface area contributed by atoms with Gasteiger partial charge in [0.15, 0.2) is 23.3 Å². The second-order valence-electron chi connectivity index (χ2n) is 16.8. The number of aliphatic hydroxyl groups excluding tert-OH is 2. The van der Waals surface area contributed by atoms with Gasteiger partial charge in [0.1, 0.15) is 0 Å². The molecule has 66 heavy (non-hydrogen) atoms. The molecule has 26 heteroatoms. The quantitative estimate of drug-likeness (QED) is 0.0674. The molecule has 4 heterocycles. The highest BCUT2D eigenvalue weighted by molar-refractivity contribution is 6.28. The number of carbonyl (C=O) groups is 4. The van der Waals surface area contributed by atoms with E-state index in [2.05, 4.69) is 62.1 Å². The summed E-state index contributed by atoms with van der Waals surface area (Å²) in [6, 6.07) is 0. The fourth-order valence-electron chi connectivity index (χ4n) is 8.78. The van der Waals surface area contributed by atoms with Crippen molar-refractivity contribution in [1.29, 1.82) is 0 Å². The zero-order chi connectivity index (χ0) is 47.6. The van der Waals surface area contributed by atoms with E-state index >= 15 is 8.78 Å². The molecular formula is C40H62Cl2F2N14O8. The Labute approximate surface area is 391 Å². The Kier molecular flexibility index (Phi) is 20.9. The van der Waals surface area contributed by atoms with Crippen LogP contribution in [0, 0.1) is 35.3 Å². The molecule has 4 fully saturated rings. The number of piperazine rings is 2. The maximum atomic E-state index is 15.1. The van der Waals surface area contributed by atoms with Crippen LogP contribution in [0.1, 0.15) is 64.2 Å². The van der Waals surface area contributed by atoms with Gasteiger partial charge in [-0.1, -0.05) is 51.4 Å². The number of hydrazine groups is 2. The van der Waals surface area contributed by atoms with E-state index in [1.807, 2.05) is 0 Å². The van der Waals surface area contributed by atoms with Gasteiger partial charge in [0.2, 0.25) is 34.0 Å². The van der Waals surface area contributed by atoms with Gasteiger partial charge in [-0.05, 0) is 47.9 Å². The van der Waals surface area contributed by atoms with Crippen LogP contribution in [0.4, 0.5) is 41.6 Å². The molecule has 0 aromatic carbocycles. The minimum Gasteiger partial charge on any atom is -0.465 e. The van der Waals surface area contributed by atoms with Gasteiger partial charge in [0.05, 0.1) is 25.0 Å². The highest BCUT2D eigenvalue weighted by Gasteiger charge is 2.30. The van der Waals surface area contributed by atoms with Gasteiger partial charge in [-0.3, -0.25) is 41.1 Å². The average Bonchev–Trinajstić information content (AvgIpc) is 4.03. The van der Waals surface area contributed by atoms with E-state index in [1.54, 1.807) is 9.80 Å². The summed E-state index contributed by atoms with van der Waals surface area (Å²) < 4.78 is 30.3. The molecule has 10 N–H and O–H groups in total. The Hall–Kier alpha value is -4.88. The number of carboxylic acid groups (broad SMARTS) is 2. The summed E-state index contributed by atoms with van der Waals surface area (Å²) in [7, 11) is 0. The number of aromatic nitrogens is 4. The van der Waals surface area contributed by atoms with Crippen molar-refractivity contribution in [2.75, 3.05) is 112 Å². The summed E-state index contributed by atoms with van der Waals surface area (Å²) in [5.41, 5.74) is 9.91. The zero-order valence-corrected chi connectivity index (χ0v) is 38.3. The van der Waals surface area contributed by atoms with Crippen LogP contribution in [-0.2, 0) is 9.59 Å². The van der Waals surface area contributed by atoms with Gasteiger partial charge in [0, 0.05) is 78.5 Å². The molecular weight excluding hydrogens is 913 g/mol. The second kappa shape index (κ2) is 26.5. The highest BCUT2D eigenvalue weighted by atomic mass is 35.5. The molecule has 4 amide bonds. The Balaban J connectivity index is 0.000000247. The first-order valence-corrected chi connectivity index (χ1v) is 23.2. The van der Waals surface area contributed by atoms with Crippen LogP contribution in [0.2, 0.25) is 10.6 Å². The lowest BCUT2D eigenvalue weighted by Crippen LogP contribution is -2.48. The third-order valence-corrected chi connectivity index (χ3v) is 12.7. The van der Waals surface area contributed by atoms with E-state index in [4.69, 9.17) is 43.6 Å². The first kappa shape index (κ1) is 52.1. The van der Waals surface area contributed by atoms with E-state index < -0.39 is 47.5 Å². The number of carbonyl (C=O) groups excluding carboxylic acids is 2. The Morgan fingerprint density at radius 1 is 0.591 bits per heavy atom. The van der Waals surface area contributed by atoms with E-state index in [0.717, 1.165) is 51.4 Å². The highest BCUT2D eigenvalue weighted by Crippen LogP contribution is 2.32. The Bertz CT molecular complexity index is 1770. The molecule has 2 aliphatic heterocycles. The molecule has 6 rings (SSSR count). The number of nitrogens with zero attached hydrogens (tertiary/aromatic N) is 8. The number of anilines is 4. The van der Waals surface area contributed by atoms with Crippen LogP contribution in [-0.4, -0.2) is 166 Å². The number of rotatable bonds is 20. The number of aliphatic hydroxyl groups is 2. The molecule has 0 bridgehead atoms. The van der Waals surface area contributed by atoms with Crippen LogP contribution in [0.25, 0.3) is 0 Å². The van der Waals surface area contributed by atoms with E-state index in [1.165, 1.54) is 0 Å². The third kappa shape index (κ3) is 16.2. The van der Waals surface area contributed by atoms with Crippen molar-refractivity contribution >= 4 is 70.5 Å². The summed E-state index contributed by atoms with van der Waals surface area (Å²) in [4.78, 5) is 70.7. The molecule has 0 radical (unpaired) electrons. The van der Waals surface area contributed by atoms with Gasteiger partial charge in [-0.15, -0.1) is 0 Å². The van der Waals surface area contributed by atoms with Crippen molar-refractivity contribution in [3.63, 3.8) is 0 Å². The predicted octanol–water partition coefficient (Wildman–Crippen LogP) is 2.58. The zero-order valence-electron chi connectivity index (χ0n) is 36.8. The maximum absolute atomic E-state index is 15.1. The lowest BCUT2D eigenvalue weighted by atomic mass is 9.92. The molecule has 2 aliphatic carbocycles. The second-order valence-corrected chi connectivity index (χ2v) is 17.5. The SMILES string of the molecule is O=C(O)NC[C@@H](CC1CCCC1)C(=O)NNc1nc(Cl)nc(N2CCN(CCO)CC2)c1F.O=C(O)NC[C@@H](CC1CCCC1)C(=O)NNc1nc(Cl)nc(N2CCN(CCO)CC2)c1F. The maximum Gasteiger partial charge on any atom is 0.404 e. The van der Waals surface area contributed by atoms with Crippen molar-refractivity contribution in [2.24, 2.45) is 23.7 Å². The largest absolute Gasteiger partial charge is 0.465 e. The summed E-state index contributed by atoms with van der Waals surface area (Å²) >= 11 is 12.0. The van der Waals surface area contributed by atoms with Crippen LogP contribution >= 0.6 is 23.2 Å². The molecule has 0 unspecified atom stereocenters. The number of nitrogens with one attached hydrogen (secondary N) is 6. The Morgan fingerprint density at radius 2 is 0.939 bits per heavy atom. The average molecular weight is 976 g/mol. The lowest BCUT2D eigenvalue weighted by molar-refractivity contribution is -0.125. The van der Waals surface area contributed by atoms with Crippen LogP contribution < -0.4 is 42.1 Å².